The topological polar surface area (TPSA) is 0 Å². The Bertz CT molecular complexity index is 502. The molecule has 0 nitrogen and oxygen atoms in total. The number of thiophene rings is 2. The van der Waals surface area contributed by atoms with Crippen molar-refractivity contribution >= 4 is 71.6 Å². The van der Waals surface area contributed by atoms with Crippen LogP contribution in [0.4, 0.5) is 0 Å². The van der Waals surface area contributed by atoms with Gasteiger partial charge in [0.25, 0.3) is 0 Å². The average Bonchev–Trinajstić information content (AvgIpc) is 2.71. The summed E-state index contributed by atoms with van der Waals surface area (Å²) in [7, 11) is 0. The summed E-state index contributed by atoms with van der Waals surface area (Å²) in [5, 5.41) is 0. The normalized spacial score (nSPS) is 13.1. The van der Waals surface area contributed by atoms with Crippen LogP contribution in [0.3, 0.4) is 0 Å². The summed E-state index contributed by atoms with van der Waals surface area (Å²) in [5.41, 5.74) is 2.43. The third kappa shape index (κ3) is 1.23. The molecule has 2 aromatic heterocycles. The fourth-order valence-corrected chi connectivity index (χ4v) is 5.36. The van der Waals surface area contributed by atoms with E-state index in [1.807, 2.05) is 0 Å². The van der Waals surface area contributed by atoms with Crippen LogP contribution in [0.5, 0.6) is 0 Å². The van der Waals surface area contributed by atoms with Gasteiger partial charge in [-0.2, -0.15) is 0 Å². The molecule has 5 heteroatoms. The Hall–Kier alpha value is 0.450. The van der Waals surface area contributed by atoms with E-state index in [9.17, 15) is 0 Å². The second kappa shape index (κ2) is 3.22. The molecule has 3 rings (SSSR count). The second-order valence-electron chi connectivity index (χ2n) is 2.92. The first kappa shape index (κ1) is 9.66. The summed E-state index contributed by atoms with van der Waals surface area (Å²) < 4.78 is 2.31. The molecule has 0 N–H and O–H groups in total. The summed E-state index contributed by atoms with van der Waals surface area (Å²) in [6.07, 6.45) is 0. The molecule has 0 bridgehead atoms. The number of thiocarbonyl (C=S) groups is 1. The largest absolute Gasteiger partial charge is 0.127 e. The van der Waals surface area contributed by atoms with Gasteiger partial charge in [-0.05, 0) is 44.0 Å². The van der Waals surface area contributed by atoms with Gasteiger partial charge in [-0.1, -0.05) is 12.2 Å². The molecule has 0 saturated carbocycles. The minimum atomic E-state index is 0.985. The first-order chi connectivity index (χ1) is 6.66. The lowest BCUT2D eigenvalue weighted by molar-refractivity contribution is 1.87. The van der Waals surface area contributed by atoms with Crippen LogP contribution in [0.2, 0.25) is 0 Å². The summed E-state index contributed by atoms with van der Waals surface area (Å²) >= 11 is 15.9. The van der Waals surface area contributed by atoms with E-state index in [0.29, 0.717) is 0 Å². The Balaban J connectivity index is 2.37. The van der Waals surface area contributed by atoms with E-state index < -0.39 is 0 Å². The number of halogens is 2. The van der Waals surface area contributed by atoms with Crippen molar-refractivity contribution in [2.45, 2.75) is 0 Å². The van der Waals surface area contributed by atoms with E-state index in [4.69, 9.17) is 12.2 Å². The van der Waals surface area contributed by atoms with Crippen LogP contribution in [0, 0.1) is 0 Å². The molecule has 1 aliphatic carbocycles. The molecular weight excluding hydrogens is 364 g/mol. The van der Waals surface area contributed by atoms with Crippen molar-refractivity contribution in [3.63, 3.8) is 0 Å². The lowest BCUT2D eigenvalue weighted by Crippen LogP contribution is -1.89. The highest BCUT2D eigenvalue weighted by Gasteiger charge is 2.28. The van der Waals surface area contributed by atoms with E-state index in [0.717, 1.165) is 12.4 Å². The molecule has 0 aromatic carbocycles. The van der Waals surface area contributed by atoms with Crippen LogP contribution in [-0.4, -0.2) is 4.86 Å². The SMILES string of the molecule is S=C1c2cc(Br)sc2-c2sc(Br)cc21. The average molecular weight is 366 g/mol. The van der Waals surface area contributed by atoms with Gasteiger partial charge in [0.05, 0.1) is 22.2 Å². The molecule has 14 heavy (non-hydrogen) atoms. The van der Waals surface area contributed by atoms with E-state index in [1.54, 1.807) is 22.7 Å². The molecule has 0 atom stereocenters. The molecule has 2 heterocycles. The predicted octanol–water partition coefficient (Wildman–Crippen LogP) is 5.08. The predicted molar refractivity (Wildman–Crippen MR) is 73.8 cm³/mol. The van der Waals surface area contributed by atoms with Gasteiger partial charge in [0.1, 0.15) is 0 Å². The quantitative estimate of drug-likeness (QED) is 0.500. The molecule has 0 amide bonds. The standard InChI is InChI=1S/C9H2Br2S3/c10-5-1-3-7(12)4-2-6(11)14-9(4)8(3)13-5/h1-2H. The summed E-state index contributed by atoms with van der Waals surface area (Å²) in [5.74, 6) is 0. The van der Waals surface area contributed by atoms with Crippen LogP contribution in [0.25, 0.3) is 9.75 Å². The number of rotatable bonds is 0. The van der Waals surface area contributed by atoms with Gasteiger partial charge in [-0.15, -0.1) is 22.7 Å². The first-order valence-electron chi connectivity index (χ1n) is 3.80. The minimum absolute atomic E-state index is 0.985. The van der Waals surface area contributed by atoms with Crippen molar-refractivity contribution in [1.29, 1.82) is 0 Å². The van der Waals surface area contributed by atoms with E-state index >= 15 is 0 Å². The van der Waals surface area contributed by atoms with Crippen LogP contribution >= 0.6 is 66.8 Å². The maximum Gasteiger partial charge on any atom is 0.0712 e. The van der Waals surface area contributed by atoms with Crippen LogP contribution in [-0.2, 0) is 0 Å². The van der Waals surface area contributed by atoms with Gasteiger partial charge >= 0.3 is 0 Å². The van der Waals surface area contributed by atoms with Gasteiger partial charge in [-0.25, -0.2) is 0 Å². The Morgan fingerprint density at radius 3 is 1.79 bits per heavy atom. The van der Waals surface area contributed by atoms with Crippen molar-refractivity contribution in [2.75, 3.05) is 0 Å². The molecule has 0 unspecified atom stereocenters. The molecular formula is C9H2Br2S3. The third-order valence-electron chi connectivity index (χ3n) is 2.10. The Morgan fingerprint density at radius 2 is 1.36 bits per heavy atom. The summed E-state index contributed by atoms with van der Waals surface area (Å²) in [6, 6.07) is 4.23. The van der Waals surface area contributed by atoms with Crippen molar-refractivity contribution in [2.24, 2.45) is 0 Å². The van der Waals surface area contributed by atoms with Gasteiger partial charge in [-0.3, -0.25) is 0 Å². The van der Waals surface area contributed by atoms with Crippen molar-refractivity contribution in [3.05, 3.63) is 30.8 Å². The highest BCUT2D eigenvalue weighted by Crippen LogP contribution is 2.49. The zero-order valence-corrected chi connectivity index (χ0v) is 12.3. The number of fused-ring (bicyclic) bond motifs is 3. The molecule has 2 aromatic rings. The van der Waals surface area contributed by atoms with Gasteiger partial charge in [0.15, 0.2) is 0 Å². The molecule has 70 valence electrons. The van der Waals surface area contributed by atoms with Crippen LogP contribution in [0.15, 0.2) is 19.7 Å². The minimum Gasteiger partial charge on any atom is -0.127 e. The van der Waals surface area contributed by atoms with Crippen molar-refractivity contribution < 1.29 is 0 Å². The van der Waals surface area contributed by atoms with Gasteiger partial charge < -0.3 is 0 Å². The highest BCUT2D eigenvalue weighted by atomic mass is 79.9. The highest BCUT2D eigenvalue weighted by molar-refractivity contribution is 9.11. The number of hydrogen-bond donors (Lipinski definition) is 0. The number of hydrogen-bond acceptors (Lipinski definition) is 3. The van der Waals surface area contributed by atoms with E-state index in [2.05, 4.69) is 44.0 Å². The van der Waals surface area contributed by atoms with Crippen molar-refractivity contribution in [3.8, 4) is 9.75 Å². The lowest BCUT2D eigenvalue weighted by atomic mass is 10.2. The van der Waals surface area contributed by atoms with Crippen LogP contribution in [0.1, 0.15) is 11.1 Å². The monoisotopic (exact) mass is 364 g/mol. The zero-order chi connectivity index (χ0) is 9.87. The van der Waals surface area contributed by atoms with Gasteiger partial charge in [0.2, 0.25) is 0 Å². The second-order valence-corrected chi connectivity index (χ2v) is 8.19. The van der Waals surface area contributed by atoms with E-state index in [1.165, 1.54) is 20.9 Å². The fourth-order valence-electron chi connectivity index (χ4n) is 1.54. The molecule has 0 spiro atoms. The lowest BCUT2D eigenvalue weighted by Gasteiger charge is -1.89. The summed E-state index contributed by atoms with van der Waals surface area (Å²) in [4.78, 5) is 3.61. The third-order valence-corrected chi connectivity index (χ3v) is 5.98. The Kier molecular flexibility index (Phi) is 2.22. The molecule has 0 aliphatic heterocycles. The fraction of sp³-hybridized carbons (Fsp3) is 0. The molecule has 0 saturated heterocycles. The first-order valence-corrected chi connectivity index (χ1v) is 7.43. The molecule has 1 aliphatic rings. The maximum atomic E-state index is 5.43. The molecule has 0 fully saturated rings. The smallest absolute Gasteiger partial charge is 0.0712 e. The van der Waals surface area contributed by atoms with E-state index in [-0.39, 0.29) is 0 Å². The van der Waals surface area contributed by atoms with Gasteiger partial charge in [0, 0.05) is 11.1 Å². The zero-order valence-electron chi connectivity index (χ0n) is 6.64. The molecule has 0 radical (unpaired) electrons. The Morgan fingerprint density at radius 1 is 0.929 bits per heavy atom. The maximum absolute atomic E-state index is 5.43. The summed E-state index contributed by atoms with van der Waals surface area (Å²) in [6.45, 7) is 0. The van der Waals surface area contributed by atoms with Crippen LogP contribution < -0.4 is 0 Å². The van der Waals surface area contributed by atoms with Crippen molar-refractivity contribution in [1.82, 2.24) is 0 Å². The Labute approximate surface area is 111 Å².